The van der Waals surface area contributed by atoms with Crippen LogP contribution in [0.3, 0.4) is 0 Å². The van der Waals surface area contributed by atoms with E-state index in [-0.39, 0.29) is 24.5 Å². The van der Waals surface area contributed by atoms with E-state index in [1.165, 1.54) is 5.56 Å². The highest BCUT2D eigenvalue weighted by Gasteiger charge is 2.65. The Morgan fingerprint density at radius 2 is 2.02 bits per heavy atom. The van der Waals surface area contributed by atoms with Gasteiger partial charge in [-0.1, -0.05) is 18.2 Å². The molecule has 3 aliphatic heterocycles. The first kappa shape index (κ1) is 28.8. The number of aliphatic hydroxyl groups excluding tert-OH is 4. The van der Waals surface area contributed by atoms with E-state index < -0.39 is 54.9 Å². The first-order chi connectivity index (χ1) is 19.8. The predicted molar refractivity (Wildman–Crippen MR) is 145 cm³/mol. The standard InChI is InChI=1S/C29H41N3O9/c1-32-11-8-29-16-5-7-19(39-28-25(37)24(36)23(35)20(13-33)40-28)27(29)41-26-18(6-4-15(22(26)29)12-17(16)32)38-14-21(34)31-10-3-2-9-30/h4-7,16-17,19-20,23-25,27-28,33,35-37H,2-3,8-14,30H2,1H3,(H,31,34). The molecule has 2 aliphatic carbocycles. The van der Waals surface area contributed by atoms with Gasteiger partial charge in [0.05, 0.1) is 6.61 Å². The van der Waals surface area contributed by atoms with Crippen LogP contribution >= 0.6 is 0 Å². The molecule has 6 rings (SSSR count). The first-order valence-electron chi connectivity index (χ1n) is 14.6. The van der Waals surface area contributed by atoms with Crippen LogP contribution in [0.15, 0.2) is 24.3 Å². The van der Waals surface area contributed by atoms with Crippen LogP contribution in [0.25, 0.3) is 0 Å². The molecule has 12 heteroatoms. The molecule has 41 heavy (non-hydrogen) atoms. The van der Waals surface area contributed by atoms with Crippen molar-refractivity contribution < 1.29 is 44.2 Å². The number of rotatable bonds is 10. The van der Waals surface area contributed by atoms with Crippen molar-refractivity contribution in [1.29, 1.82) is 0 Å². The maximum Gasteiger partial charge on any atom is 0.257 e. The molecule has 0 radical (unpaired) electrons. The molecule has 0 aromatic heterocycles. The van der Waals surface area contributed by atoms with Crippen LogP contribution in [0, 0.1) is 5.92 Å². The predicted octanol–water partition coefficient (Wildman–Crippen LogP) is -1.45. The molecule has 1 aromatic carbocycles. The van der Waals surface area contributed by atoms with Crippen LogP contribution in [-0.2, 0) is 26.1 Å². The minimum Gasteiger partial charge on any atom is -0.482 e. The number of benzene rings is 1. The first-order valence-corrected chi connectivity index (χ1v) is 14.6. The Kier molecular flexibility index (Phi) is 8.02. The number of nitrogens with two attached hydrogens (primary N) is 1. The molecule has 12 nitrogen and oxygen atoms in total. The molecule has 2 saturated heterocycles. The summed E-state index contributed by atoms with van der Waals surface area (Å²) in [6, 6.07) is 4.19. The number of carbonyl (C=O) groups is 1. The minimum atomic E-state index is -1.54. The van der Waals surface area contributed by atoms with Gasteiger partial charge >= 0.3 is 0 Å². The lowest BCUT2D eigenvalue weighted by Gasteiger charge is -2.57. The number of nitrogens with zero attached hydrogens (tertiary/aromatic N) is 1. The third-order valence-electron chi connectivity index (χ3n) is 9.57. The second-order valence-electron chi connectivity index (χ2n) is 11.9. The number of nitrogens with one attached hydrogen (secondary N) is 1. The normalized spacial score (nSPS) is 38.7. The number of hydrogen-bond acceptors (Lipinski definition) is 11. The van der Waals surface area contributed by atoms with E-state index in [9.17, 15) is 25.2 Å². The Hall–Kier alpha value is -2.29. The van der Waals surface area contributed by atoms with Gasteiger partial charge in [-0.05, 0) is 57.5 Å². The third kappa shape index (κ3) is 4.74. The fraction of sp³-hybridized carbons (Fsp3) is 0.690. The Labute approximate surface area is 239 Å². The average molecular weight is 576 g/mol. The second-order valence-corrected chi connectivity index (χ2v) is 11.9. The van der Waals surface area contributed by atoms with Crippen molar-refractivity contribution in [2.45, 2.75) is 80.1 Å². The van der Waals surface area contributed by atoms with Gasteiger partial charge in [-0.25, -0.2) is 0 Å². The molecule has 1 spiro atoms. The molecule has 10 atom stereocenters. The summed E-state index contributed by atoms with van der Waals surface area (Å²) in [5.74, 6) is 1.04. The maximum absolute atomic E-state index is 12.4. The average Bonchev–Trinajstić information content (AvgIpc) is 3.33. The summed E-state index contributed by atoms with van der Waals surface area (Å²) in [4.78, 5) is 14.8. The van der Waals surface area contributed by atoms with Crippen molar-refractivity contribution in [3.8, 4) is 11.5 Å². The van der Waals surface area contributed by atoms with Gasteiger partial charge in [0.2, 0.25) is 0 Å². The van der Waals surface area contributed by atoms with Gasteiger partial charge in [0, 0.05) is 29.5 Å². The Morgan fingerprint density at radius 1 is 1.20 bits per heavy atom. The van der Waals surface area contributed by atoms with E-state index >= 15 is 0 Å². The van der Waals surface area contributed by atoms with Crippen LogP contribution in [0.5, 0.6) is 11.5 Å². The van der Waals surface area contributed by atoms with E-state index in [1.54, 1.807) is 0 Å². The zero-order chi connectivity index (χ0) is 28.9. The highest BCUT2D eigenvalue weighted by atomic mass is 16.7. The summed E-state index contributed by atoms with van der Waals surface area (Å²) in [6.45, 7) is 1.29. The highest BCUT2D eigenvalue weighted by Crippen LogP contribution is 2.62. The molecule has 3 heterocycles. The number of hydrogen-bond donors (Lipinski definition) is 6. The molecule has 7 N–H and O–H groups in total. The third-order valence-corrected chi connectivity index (χ3v) is 9.57. The molecule has 1 amide bonds. The number of ether oxygens (including phenoxy) is 4. The number of likely N-dealkylation sites (tertiary alicyclic amines) is 1. The topological polar surface area (TPSA) is 176 Å². The van der Waals surface area contributed by atoms with Gasteiger partial charge in [-0.3, -0.25) is 4.79 Å². The molecule has 226 valence electrons. The van der Waals surface area contributed by atoms with Crippen LogP contribution < -0.4 is 20.5 Å². The lowest BCUT2D eigenvalue weighted by atomic mass is 9.53. The van der Waals surface area contributed by atoms with Crippen molar-refractivity contribution in [1.82, 2.24) is 10.2 Å². The van der Waals surface area contributed by atoms with Gasteiger partial charge in [0.1, 0.15) is 36.6 Å². The summed E-state index contributed by atoms with van der Waals surface area (Å²) in [6.07, 6.45) is -0.647. The second kappa shape index (κ2) is 11.4. The minimum absolute atomic E-state index is 0.146. The monoisotopic (exact) mass is 575 g/mol. The zero-order valence-corrected chi connectivity index (χ0v) is 23.2. The number of unbranched alkanes of at least 4 members (excludes halogenated alkanes) is 1. The summed E-state index contributed by atoms with van der Waals surface area (Å²) < 4.78 is 24.7. The van der Waals surface area contributed by atoms with Gasteiger partial charge in [-0.2, -0.15) is 0 Å². The number of piperidine rings is 1. The van der Waals surface area contributed by atoms with Crippen LogP contribution in [0.2, 0.25) is 0 Å². The van der Waals surface area contributed by atoms with E-state index in [0.717, 1.165) is 37.8 Å². The number of likely N-dealkylation sites (N-methyl/N-ethyl adjacent to an activating group) is 1. The number of aliphatic hydroxyl groups is 4. The zero-order valence-electron chi connectivity index (χ0n) is 23.2. The van der Waals surface area contributed by atoms with Gasteiger partial charge in [0.25, 0.3) is 5.91 Å². The van der Waals surface area contributed by atoms with Crippen LogP contribution in [-0.4, -0.2) is 120 Å². The quantitative estimate of drug-likeness (QED) is 0.142. The summed E-state index contributed by atoms with van der Waals surface area (Å²) in [5, 5.41) is 43.7. The van der Waals surface area contributed by atoms with Gasteiger partial charge in [0.15, 0.2) is 24.4 Å². The smallest absolute Gasteiger partial charge is 0.257 e. The number of amides is 1. The highest BCUT2D eigenvalue weighted by molar-refractivity contribution is 5.77. The van der Waals surface area contributed by atoms with E-state index in [2.05, 4.69) is 29.4 Å². The largest absolute Gasteiger partial charge is 0.482 e. The summed E-state index contributed by atoms with van der Waals surface area (Å²) >= 11 is 0. The number of carbonyl (C=O) groups excluding carboxylic acids is 1. The van der Waals surface area contributed by atoms with Crippen molar-refractivity contribution in [2.24, 2.45) is 11.7 Å². The van der Waals surface area contributed by atoms with E-state index in [1.807, 2.05) is 12.1 Å². The summed E-state index contributed by atoms with van der Waals surface area (Å²) in [7, 11) is 2.14. The molecule has 10 unspecified atom stereocenters. The molecular formula is C29H41N3O9. The van der Waals surface area contributed by atoms with Crippen molar-refractivity contribution >= 4 is 5.91 Å². The van der Waals surface area contributed by atoms with Crippen LogP contribution in [0.1, 0.15) is 30.4 Å². The Bertz CT molecular complexity index is 1160. The fourth-order valence-electron chi connectivity index (χ4n) is 7.47. The Morgan fingerprint density at radius 3 is 2.80 bits per heavy atom. The lowest BCUT2D eigenvalue weighted by Crippen LogP contribution is -2.66. The molecule has 2 fully saturated rings. The van der Waals surface area contributed by atoms with Crippen molar-refractivity contribution in [2.75, 3.05) is 39.9 Å². The van der Waals surface area contributed by atoms with E-state index in [4.69, 9.17) is 24.7 Å². The van der Waals surface area contributed by atoms with Gasteiger partial charge in [-0.15, -0.1) is 0 Å². The Balaban J connectivity index is 1.28. The fourth-order valence-corrected chi connectivity index (χ4v) is 7.47. The molecule has 1 aromatic rings. The van der Waals surface area contributed by atoms with Gasteiger partial charge < -0.3 is 55.3 Å². The summed E-state index contributed by atoms with van der Waals surface area (Å²) in [5.41, 5.74) is 7.37. The van der Waals surface area contributed by atoms with Crippen LogP contribution in [0.4, 0.5) is 0 Å². The van der Waals surface area contributed by atoms with Crippen molar-refractivity contribution in [3.63, 3.8) is 0 Å². The maximum atomic E-state index is 12.4. The van der Waals surface area contributed by atoms with Crippen molar-refractivity contribution in [3.05, 3.63) is 35.4 Å². The molecule has 5 aliphatic rings. The molecule has 2 bridgehead atoms. The van der Waals surface area contributed by atoms with E-state index in [0.29, 0.717) is 24.6 Å². The molecular weight excluding hydrogens is 534 g/mol. The molecule has 0 saturated carbocycles. The lowest BCUT2D eigenvalue weighted by molar-refractivity contribution is -0.314. The SMILES string of the molecule is CN1CCC23c4c5ccc(OCC(=O)NCCCCN)c4OC2C(OC2OC(CO)C(O)C(O)C2O)C=CC3C1C5.